The zero-order valence-electron chi connectivity index (χ0n) is 13.9. The minimum absolute atomic E-state index is 0.102. The third kappa shape index (κ3) is 3.70. The summed E-state index contributed by atoms with van der Waals surface area (Å²) in [6.07, 6.45) is 0.109. The van der Waals surface area contributed by atoms with E-state index in [1.807, 2.05) is 6.07 Å². The predicted molar refractivity (Wildman–Crippen MR) is 89.5 cm³/mol. The van der Waals surface area contributed by atoms with Crippen molar-refractivity contribution >= 4 is 29.4 Å². The summed E-state index contributed by atoms with van der Waals surface area (Å²) in [4.78, 5) is 38.9. The van der Waals surface area contributed by atoms with Crippen molar-refractivity contribution in [3.05, 3.63) is 34.9 Å². The van der Waals surface area contributed by atoms with Crippen LogP contribution in [-0.4, -0.2) is 53.3 Å². The standard InChI is InChI=1S/C17H21ClN2O4/c1-10(17(23)24)9-19(2)16(22)13-8-14(21)20(3)15(13)11-5-4-6-12(18)7-11/h4-7,10,13,15H,8-9H2,1-3H3,(H,23,24). The molecule has 3 atom stereocenters. The average Bonchev–Trinajstić information content (AvgIpc) is 2.81. The SMILES string of the molecule is CC(CN(C)C(=O)C1CC(=O)N(C)C1c1cccc(Cl)c1)C(=O)O. The fourth-order valence-corrected chi connectivity index (χ4v) is 3.30. The van der Waals surface area contributed by atoms with Crippen molar-refractivity contribution < 1.29 is 19.5 Å². The Bertz CT molecular complexity index is 664. The minimum atomic E-state index is -0.958. The number of amides is 2. The van der Waals surface area contributed by atoms with E-state index in [1.54, 1.807) is 44.1 Å². The van der Waals surface area contributed by atoms with E-state index in [2.05, 4.69) is 0 Å². The second kappa shape index (κ2) is 7.21. The lowest BCUT2D eigenvalue weighted by atomic mass is 9.92. The van der Waals surface area contributed by atoms with E-state index in [0.29, 0.717) is 5.02 Å². The van der Waals surface area contributed by atoms with Crippen LogP contribution in [0.2, 0.25) is 5.02 Å². The summed E-state index contributed by atoms with van der Waals surface area (Å²) in [7, 11) is 3.24. The molecule has 2 amide bonds. The highest BCUT2D eigenvalue weighted by Gasteiger charge is 2.43. The molecule has 0 bridgehead atoms. The maximum absolute atomic E-state index is 12.8. The number of likely N-dealkylation sites (tertiary alicyclic amines) is 1. The molecule has 0 aliphatic carbocycles. The van der Waals surface area contributed by atoms with E-state index in [-0.39, 0.29) is 24.8 Å². The van der Waals surface area contributed by atoms with Gasteiger partial charge in [-0.1, -0.05) is 30.7 Å². The number of benzene rings is 1. The van der Waals surface area contributed by atoms with Crippen molar-refractivity contribution in [1.82, 2.24) is 9.80 Å². The highest BCUT2D eigenvalue weighted by molar-refractivity contribution is 6.30. The van der Waals surface area contributed by atoms with Crippen LogP contribution < -0.4 is 0 Å². The smallest absolute Gasteiger partial charge is 0.308 e. The largest absolute Gasteiger partial charge is 0.481 e. The van der Waals surface area contributed by atoms with Crippen molar-refractivity contribution in [2.75, 3.05) is 20.6 Å². The van der Waals surface area contributed by atoms with Gasteiger partial charge in [0, 0.05) is 32.1 Å². The zero-order chi connectivity index (χ0) is 18.0. The molecule has 1 N–H and O–H groups in total. The Morgan fingerprint density at radius 1 is 1.46 bits per heavy atom. The normalized spacial score (nSPS) is 21.7. The Labute approximate surface area is 146 Å². The monoisotopic (exact) mass is 352 g/mol. The number of carbonyl (C=O) groups is 3. The molecule has 130 valence electrons. The lowest BCUT2D eigenvalue weighted by Crippen LogP contribution is -2.39. The first-order valence-corrected chi connectivity index (χ1v) is 8.09. The van der Waals surface area contributed by atoms with Crippen LogP contribution in [0.15, 0.2) is 24.3 Å². The summed E-state index contributed by atoms with van der Waals surface area (Å²) < 4.78 is 0. The van der Waals surface area contributed by atoms with Gasteiger partial charge in [0.25, 0.3) is 0 Å². The molecule has 3 unspecified atom stereocenters. The molecule has 24 heavy (non-hydrogen) atoms. The number of carboxylic acid groups (broad SMARTS) is 1. The maximum Gasteiger partial charge on any atom is 0.308 e. The summed E-state index contributed by atoms with van der Waals surface area (Å²) in [5.74, 6) is -2.52. The molecule has 1 aliphatic heterocycles. The molecule has 6 nitrogen and oxygen atoms in total. The Morgan fingerprint density at radius 2 is 2.12 bits per heavy atom. The van der Waals surface area contributed by atoms with Crippen LogP contribution in [0, 0.1) is 11.8 Å². The Hall–Kier alpha value is -2.08. The van der Waals surface area contributed by atoms with Crippen molar-refractivity contribution in [1.29, 1.82) is 0 Å². The summed E-state index contributed by atoms with van der Waals surface area (Å²) in [6, 6.07) is 6.71. The van der Waals surface area contributed by atoms with Gasteiger partial charge in [-0.15, -0.1) is 0 Å². The van der Waals surface area contributed by atoms with Gasteiger partial charge in [-0.2, -0.15) is 0 Å². The average molecular weight is 353 g/mol. The lowest BCUT2D eigenvalue weighted by molar-refractivity contribution is -0.143. The Morgan fingerprint density at radius 3 is 2.71 bits per heavy atom. The Kier molecular flexibility index (Phi) is 5.49. The summed E-state index contributed by atoms with van der Waals surface area (Å²) in [5, 5.41) is 9.55. The van der Waals surface area contributed by atoms with Gasteiger partial charge in [-0.25, -0.2) is 0 Å². The highest BCUT2D eigenvalue weighted by atomic mass is 35.5. The molecule has 7 heteroatoms. The molecule has 1 saturated heterocycles. The number of hydrogen-bond donors (Lipinski definition) is 1. The van der Waals surface area contributed by atoms with E-state index in [4.69, 9.17) is 16.7 Å². The van der Waals surface area contributed by atoms with Gasteiger partial charge >= 0.3 is 5.97 Å². The topological polar surface area (TPSA) is 77.9 Å². The second-order valence-electron chi connectivity index (χ2n) is 6.27. The number of carbonyl (C=O) groups excluding carboxylic acids is 2. The van der Waals surface area contributed by atoms with E-state index < -0.39 is 23.8 Å². The second-order valence-corrected chi connectivity index (χ2v) is 6.71. The van der Waals surface area contributed by atoms with Crippen LogP contribution in [0.1, 0.15) is 24.9 Å². The number of nitrogens with zero attached hydrogens (tertiary/aromatic N) is 2. The molecule has 0 spiro atoms. The summed E-state index contributed by atoms with van der Waals surface area (Å²) >= 11 is 6.04. The molecular weight excluding hydrogens is 332 g/mol. The minimum Gasteiger partial charge on any atom is -0.481 e. The fourth-order valence-electron chi connectivity index (χ4n) is 3.10. The van der Waals surface area contributed by atoms with Crippen molar-refractivity contribution in [3.63, 3.8) is 0 Å². The summed E-state index contributed by atoms with van der Waals surface area (Å²) in [6.45, 7) is 1.65. The van der Waals surface area contributed by atoms with Crippen LogP contribution in [0.5, 0.6) is 0 Å². The van der Waals surface area contributed by atoms with Gasteiger partial charge in [0.15, 0.2) is 0 Å². The van der Waals surface area contributed by atoms with Crippen molar-refractivity contribution in [2.24, 2.45) is 11.8 Å². The van der Waals surface area contributed by atoms with Gasteiger partial charge in [0.05, 0.1) is 17.9 Å². The highest BCUT2D eigenvalue weighted by Crippen LogP contribution is 2.38. The molecule has 0 saturated carbocycles. The quantitative estimate of drug-likeness (QED) is 0.879. The lowest BCUT2D eigenvalue weighted by Gasteiger charge is -2.28. The molecular formula is C17H21ClN2O4. The van der Waals surface area contributed by atoms with Gasteiger partial charge in [-0.05, 0) is 17.7 Å². The molecule has 1 fully saturated rings. The molecule has 2 rings (SSSR count). The summed E-state index contributed by atoms with van der Waals surface area (Å²) in [5.41, 5.74) is 0.800. The number of rotatable bonds is 5. The van der Waals surface area contributed by atoms with Gasteiger partial charge in [-0.3, -0.25) is 14.4 Å². The van der Waals surface area contributed by atoms with E-state index in [1.165, 1.54) is 4.90 Å². The van der Waals surface area contributed by atoms with Crippen molar-refractivity contribution in [2.45, 2.75) is 19.4 Å². The van der Waals surface area contributed by atoms with Crippen LogP contribution in [0.3, 0.4) is 0 Å². The Balaban J connectivity index is 2.24. The third-order valence-electron chi connectivity index (χ3n) is 4.44. The van der Waals surface area contributed by atoms with Crippen LogP contribution in [0.4, 0.5) is 0 Å². The number of halogens is 1. The van der Waals surface area contributed by atoms with Crippen LogP contribution >= 0.6 is 11.6 Å². The number of hydrogen-bond acceptors (Lipinski definition) is 3. The maximum atomic E-state index is 12.8. The molecule has 0 aromatic heterocycles. The number of aliphatic carboxylic acids is 1. The molecule has 1 aromatic carbocycles. The van der Waals surface area contributed by atoms with Crippen LogP contribution in [0.25, 0.3) is 0 Å². The zero-order valence-corrected chi connectivity index (χ0v) is 14.7. The first kappa shape index (κ1) is 18.3. The number of carboxylic acids is 1. The molecule has 1 aliphatic rings. The first-order chi connectivity index (χ1) is 11.2. The van der Waals surface area contributed by atoms with E-state index >= 15 is 0 Å². The first-order valence-electron chi connectivity index (χ1n) is 7.71. The van der Waals surface area contributed by atoms with Gasteiger partial charge in [0.2, 0.25) is 11.8 Å². The van der Waals surface area contributed by atoms with Gasteiger partial charge in [0.1, 0.15) is 0 Å². The molecule has 1 aromatic rings. The van der Waals surface area contributed by atoms with Gasteiger partial charge < -0.3 is 14.9 Å². The van der Waals surface area contributed by atoms with E-state index in [9.17, 15) is 14.4 Å². The molecule has 1 heterocycles. The van der Waals surface area contributed by atoms with Crippen molar-refractivity contribution in [3.8, 4) is 0 Å². The third-order valence-corrected chi connectivity index (χ3v) is 4.67. The fraction of sp³-hybridized carbons (Fsp3) is 0.471. The van der Waals surface area contributed by atoms with E-state index in [0.717, 1.165) is 5.56 Å². The predicted octanol–water partition coefficient (Wildman–Crippen LogP) is 2.04. The van der Waals surface area contributed by atoms with Crippen LogP contribution in [-0.2, 0) is 14.4 Å². The molecule has 0 radical (unpaired) electrons.